The normalized spacial score (nSPS) is 10.1. The molecule has 0 atom stereocenters. The summed E-state index contributed by atoms with van der Waals surface area (Å²) in [5.41, 5.74) is 0. The number of anilines is 2. The van der Waals surface area contributed by atoms with Crippen LogP contribution < -0.4 is 10.2 Å². The lowest BCUT2D eigenvalue weighted by molar-refractivity contribution is 0.304. The van der Waals surface area contributed by atoms with Crippen LogP contribution in [0.2, 0.25) is 5.02 Å². The Morgan fingerprint density at radius 1 is 1.60 bits per heavy atom. The maximum absolute atomic E-state index is 8.82. The molecule has 0 bridgehead atoms. The third-order valence-corrected chi connectivity index (χ3v) is 2.12. The number of nitrogens with one attached hydrogen (secondary N) is 1. The Morgan fingerprint density at radius 2 is 2.33 bits per heavy atom. The zero-order valence-corrected chi connectivity index (χ0v) is 9.62. The quantitative estimate of drug-likeness (QED) is 0.790. The van der Waals surface area contributed by atoms with Crippen LogP contribution in [0.25, 0.3) is 0 Å². The van der Waals surface area contributed by atoms with Gasteiger partial charge in [0.15, 0.2) is 5.82 Å². The van der Waals surface area contributed by atoms with Crippen LogP contribution in [0.3, 0.4) is 0 Å². The molecule has 1 rings (SSSR count). The van der Waals surface area contributed by atoms with E-state index < -0.39 is 0 Å². The van der Waals surface area contributed by atoms with Gasteiger partial charge in [0.2, 0.25) is 5.95 Å². The highest BCUT2D eigenvalue weighted by molar-refractivity contribution is 6.32. The van der Waals surface area contributed by atoms with Crippen LogP contribution >= 0.6 is 11.6 Å². The number of likely N-dealkylation sites (N-methyl/N-ethyl adjacent to an activating group) is 1. The van der Waals surface area contributed by atoms with Crippen molar-refractivity contribution in [1.82, 2.24) is 9.97 Å². The zero-order valence-electron chi connectivity index (χ0n) is 8.87. The molecule has 0 unspecified atom stereocenters. The highest BCUT2D eigenvalue weighted by Crippen LogP contribution is 2.22. The summed E-state index contributed by atoms with van der Waals surface area (Å²) in [5.74, 6) is 1.17. The Labute approximate surface area is 94.1 Å². The third-order valence-electron chi connectivity index (χ3n) is 1.86. The molecular formula is C9H15ClN4O. The summed E-state index contributed by atoms with van der Waals surface area (Å²) in [4.78, 5) is 10.1. The molecule has 1 aromatic rings. The lowest BCUT2D eigenvalue weighted by Crippen LogP contribution is -2.23. The molecule has 0 aliphatic carbocycles. The van der Waals surface area contributed by atoms with Crippen LogP contribution in [0.5, 0.6) is 0 Å². The van der Waals surface area contributed by atoms with Crippen LogP contribution in [0.15, 0.2) is 6.20 Å². The average Bonchev–Trinajstić information content (AvgIpc) is 2.21. The van der Waals surface area contributed by atoms with Gasteiger partial charge in [-0.05, 0) is 6.92 Å². The molecule has 0 aliphatic rings. The molecule has 0 amide bonds. The van der Waals surface area contributed by atoms with E-state index >= 15 is 0 Å². The summed E-state index contributed by atoms with van der Waals surface area (Å²) in [5, 5.41) is 12.3. The summed E-state index contributed by atoms with van der Waals surface area (Å²) in [6, 6.07) is 0. The van der Waals surface area contributed by atoms with Gasteiger partial charge in [0.25, 0.3) is 0 Å². The van der Waals surface area contributed by atoms with Crippen molar-refractivity contribution in [2.75, 3.05) is 37.0 Å². The second-order valence-electron chi connectivity index (χ2n) is 3.04. The maximum Gasteiger partial charge on any atom is 0.224 e. The SMILES string of the molecule is CCNc1ncc(Cl)c(N(C)CCO)n1. The van der Waals surface area contributed by atoms with E-state index in [0.29, 0.717) is 23.3 Å². The van der Waals surface area contributed by atoms with E-state index in [1.165, 1.54) is 0 Å². The topological polar surface area (TPSA) is 61.3 Å². The summed E-state index contributed by atoms with van der Waals surface area (Å²) in [6.07, 6.45) is 1.55. The van der Waals surface area contributed by atoms with Crippen molar-refractivity contribution in [3.05, 3.63) is 11.2 Å². The fraction of sp³-hybridized carbons (Fsp3) is 0.556. The van der Waals surface area contributed by atoms with Crippen molar-refractivity contribution in [2.45, 2.75) is 6.92 Å². The number of nitrogens with zero attached hydrogens (tertiary/aromatic N) is 3. The highest BCUT2D eigenvalue weighted by Gasteiger charge is 2.09. The van der Waals surface area contributed by atoms with E-state index in [2.05, 4.69) is 15.3 Å². The lowest BCUT2D eigenvalue weighted by Gasteiger charge is -2.18. The summed E-state index contributed by atoms with van der Waals surface area (Å²) in [6.45, 7) is 3.27. The average molecular weight is 231 g/mol. The molecule has 5 nitrogen and oxygen atoms in total. The molecule has 1 aromatic heterocycles. The molecule has 84 valence electrons. The summed E-state index contributed by atoms with van der Waals surface area (Å²) >= 11 is 5.95. The molecule has 0 aliphatic heterocycles. The molecule has 0 radical (unpaired) electrons. The molecule has 0 spiro atoms. The largest absolute Gasteiger partial charge is 0.395 e. The number of hydrogen-bond donors (Lipinski definition) is 2. The predicted octanol–water partition coefficient (Wildman–Crippen LogP) is 0.990. The van der Waals surface area contributed by atoms with Gasteiger partial charge in [0.05, 0.1) is 12.8 Å². The fourth-order valence-electron chi connectivity index (χ4n) is 1.13. The third kappa shape index (κ3) is 3.21. The van der Waals surface area contributed by atoms with Crippen LogP contribution in [0, 0.1) is 0 Å². The van der Waals surface area contributed by atoms with Gasteiger partial charge in [0.1, 0.15) is 5.02 Å². The first kappa shape index (κ1) is 12.0. The van der Waals surface area contributed by atoms with E-state index in [0.717, 1.165) is 6.54 Å². The minimum atomic E-state index is 0.0629. The molecule has 0 saturated heterocycles. The monoisotopic (exact) mass is 230 g/mol. The van der Waals surface area contributed by atoms with Gasteiger partial charge in [0, 0.05) is 20.1 Å². The molecule has 0 fully saturated rings. The number of aromatic nitrogens is 2. The van der Waals surface area contributed by atoms with Gasteiger partial charge >= 0.3 is 0 Å². The molecule has 6 heteroatoms. The zero-order chi connectivity index (χ0) is 11.3. The van der Waals surface area contributed by atoms with Crippen molar-refractivity contribution in [2.24, 2.45) is 0 Å². The van der Waals surface area contributed by atoms with Crippen molar-refractivity contribution >= 4 is 23.4 Å². The standard InChI is InChI=1S/C9H15ClN4O/c1-3-11-9-12-6-7(10)8(13-9)14(2)4-5-15/h6,15H,3-5H2,1-2H3,(H,11,12,13). The Bertz CT molecular complexity index is 321. The number of hydrogen-bond acceptors (Lipinski definition) is 5. The lowest BCUT2D eigenvalue weighted by atomic mass is 10.5. The number of halogens is 1. The van der Waals surface area contributed by atoms with E-state index in [9.17, 15) is 0 Å². The summed E-state index contributed by atoms with van der Waals surface area (Å²) in [7, 11) is 1.82. The van der Waals surface area contributed by atoms with Gasteiger partial charge in [-0.2, -0.15) is 4.98 Å². The van der Waals surface area contributed by atoms with Gasteiger partial charge < -0.3 is 15.3 Å². The number of aliphatic hydroxyl groups is 1. The second kappa shape index (κ2) is 5.72. The maximum atomic E-state index is 8.82. The van der Waals surface area contributed by atoms with Crippen LogP contribution in [0.4, 0.5) is 11.8 Å². The Balaban J connectivity index is 2.89. The number of aliphatic hydroxyl groups excluding tert-OH is 1. The Kier molecular flexibility index (Phi) is 4.58. The first-order valence-electron chi connectivity index (χ1n) is 4.77. The van der Waals surface area contributed by atoms with Crippen molar-refractivity contribution in [1.29, 1.82) is 0 Å². The molecular weight excluding hydrogens is 216 g/mol. The van der Waals surface area contributed by atoms with Crippen molar-refractivity contribution in [3.63, 3.8) is 0 Å². The molecule has 0 aromatic carbocycles. The first-order valence-corrected chi connectivity index (χ1v) is 5.15. The molecule has 15 heavy (non-hydrogen) atoms. The van der Waals surface area contributed by atoms with Gasteiger partial charge in [-0.25, -0.2) is 4.98 Å². The minimum absolute atomic E-state index is 0.0629. The minimum Gasteiger partial charge on any atom is -0.395 e. The van der Waals surface area contributed by atoms with Gasteiger partial charge in [-0.15, -0.1) is 0 Å². The van der Waals surface area contributed by atoms with Gasteiger partial charge in [-0.1, -0.05) is 11.6 Å². The van der Waals surface area contributed by atoms with Crippen LogP contribution in [-0.2, 0) is 0 Å². The van der Waals surface area contributed by atoms with Gasteiger partial charge in [-0.3, -0.25) is 0 Å². The fourth-order valence-corrected chi connectivity index (χ4v) is 1.36. The second-order valence-corrected chi connectivity index (χ2v) is 3.45. The van der Waals surface area contributed by atoms with E-state index in [-0.39, 0.29) is 6.61 Å². The molecule has 0 saturated carbocycles. The van der Waals surface area contributed by atoms with E-state index in [1.807, 2.05) is 14.0 Å². The first-order chi connectivity index (χ1) is 7.19. The summed E-state index contributed by atoms with van der Waals surface area (Å²) < 4.78 is 0. The van der Waals surface area contributed by atoms with E-state index in [4.69, 9.17) is 16.7 Å². The molecule has 2 N–H and O–H groups in total. The number of rotatable bonds is 5. The van der Waals surface area contributed by atoms with Crippen LogP contribution in [-0.4, -0.2) is 41.8 Å². The van der Waals surface area contributed by atoms with Crippen molar-refractivity contribution in [3.8, 4) is 0 Å². The van der Waals surface area contributed by atoms with Crippen LogP contribution in [0.1, 0.15) is 6.92 Å². The Hall–Kier alpha value is -1.07. The Morgan fingerprint density at radius 3 is 2.93 bits per heavy atom. The predicted molar refractivity (Wildman–Crippen MR) is 61.6 cm³/mol. The highest BCUT2D eigenvalue weighted by atomic mass is 35.5. The van der Waals surface area contributed by atoms with E-state index in [1.54, 1.807) is 11.1 Å². The molecule has 1 heterocycles. The smallest absolute Gasteiger partial charge is 0.224 e. The van der Waals surface area contributed by atoms with Crippen molar-refractivity contribution < 1.29 is 5.11 Å².